The molecule has 0 spiro atoms. The van der Waals surface area contributed by atoms with Crippen LogP contribution in [-0.4, -0.2) is 6.61 Å². The Morgan fingerprint density at radius 1 is 1.44 bits per heavy atom. The van der Waals surface area contributed by atoms with Crippen molar-refractivity contribution in [1.29, 1.82) is 0 Å². The van der Waals surface area contributed by atoms with Gasteiger partial charge in [0.1, 0.15) is 5.75 Å². The predicted octanol–water partition coefficient (Wildman–Crippen LogP) is 2.89. The summed E-state index contributed by atoms with van der Waals surface area (Å²) in [6.07, 6.45) is 7.72. The largest absolute Gasteiger partial charge is 0.493 e. The van der Waals surface area contributed by atoms with E-state index in [4.69, 9.17) is 16.9 Å². The summed E-state index contributed by atoms with van der Waals surface area (Å²) in [7, 11) is 0. The molecule has 1 aromatic carbocycles. The van der Waals surface area contributed by atoms with E-state index in [1.54, 1.807) is 0 Å². The van der Waals surface area contributed by atoms with E-state index in [2.05, 4.69) is 12.8 Å². The van der Waals surface area contributed by atoms with Gasteiger partial charge in [0.15, 0.2) is 0 Å². The predicted molar refractivity (Wildman–Crippen MR) is 67.2 cm³/mol. The number of terminal acetylenes is 1. The van der Waals surface area contributed by atoms with Gasteiger partial charge in [-0.25, -0.2) is 0 Å². The fourth-order valence-corrected chi connectivity index (χ4v) is 1.49. The number of hydrogen-bond acceptors (Lipinski definition) is 2. The van der Waals surface area contributed by atoms with Crippen molar-refractivity contribution < 1.29 is 4.74 Å². The summed E-state index contributed by atoms with van der Waals surface area (Å²) in [4.78, 5) is 0. The third-order valence-corrected chi connectivity index (χ3v) is 2.48. The molecule has 0 bridgehead atoms. The molecule has 2 nitrogen and oxygen atoms in total. The van der Waals surface area contributed by atoms with Gasteiger partial charge in [-0.1, -0.05) is 25.1 Å². The van der Waals surface area contributed by atoms with Crippen LogP contribution in [0.2, 0.25) is 0 Å². The number of ether oxygens (including phenoxy) is 1. The first-order chi connectivity index (χ1) is 7.79. The van der Waals surface area contributed by atoms with Crippen LogP contribution < -0.4 is 10.5 Å². The van der Waals surface area contributed by atoms with Crippen molar-refractivity contribution in [3.8, 4) is 18.1 Å². The van der Waals surface area contributed by atoms with Crippen LogP contribution in [0.25, 0.3) is 0 Å². The molecule has 1 rings (SSSR count). The van der Waals surface area contributed by atoms with Crippen LogP contribution in [0.15, 0.2) is 24.3 Å². The Morgan fingerprint density at radius 3 is 2.88 bits per heavy atom. The number of para-hydroxylation sites is 1. The second kappa shape index (κ2) is 6.92. The molecule has 0 aliphatic carbocycles. The number of hydrogen-bond donors (Lipinski definition) is 1. The molecule has 0 radical (unpaired) electrons. The topological polar surface area (TPSA) is 35.2 Å². The summed E-state index contributed by atoms with van der Waals surface area (Å²) >= 11 is 0. The van der Waals surface area contributed by atoms with Crippen LogP contribution in [0, 0.1) is 12.3 Å². The van der Waals surface area contributed by atoms with E-state index in [1.165, 1.54) is 0 Å². The molecular formula is C14H19NO. The summed E-state index contributed by atoms with van der Waals surface area (Å²) in [5, 5.41) is 0. The summed E-state index contributed by atoms with van der Waals surface area (Å²) in [6, 6.07) is 7.97. The van der Waals surface area contributed by atoms with E-state index in [1.807, 2.05) is 24.3 Å². The Bertz CT molecular complexity index is 354. The van der Waals surface area contributed by atoms with Crippen LogP contribution in [0.4, 0.5) is 0 Å². The van der Waals surface area contributed by atoms with Gasteiger partial charge >= 0.3 is 0 Å². The highest BCUT2D eigenvalue weighted by Gasteiger charge is 2.09. The van der Waals surface area contributed by atoms with Crippen LogP contribution in [0.1, 0.15) is 37.8 Å². The average Bonchev–Trinajstić information content (AvgIpc) is 2.34. The van der Waals surface area contributed by atoms with Gasteiger partial charge in [-0.05, 0) is 18.9 Å². The Morgan fingerprint density at radius 2 is 2.19 bits per heavy atom. The minimum atomic E-state index is 0.0452. The monoisotopic (exact) mass is 217 g/mol. The van der Waals surface area contributed by atoms with Crippen molar-refractivity contribution in [1.82, 2.24) is 0 Å². The van der Waals surface area contributed by atoms with E-state index in [0.717, 1.165) is 30.6 Å². The van der Waals surface area contributed by atoms with E-state index >= 15 is 0 Å². The number of rotatable bonds is 6. The molecule has 0 saturated carbocycles. The Kier molecular flexibility index (Phi) is 5.45. The molecule has 86 valence electrons. The van der Waals surface area contributed by atoms with Gasteiger partial charge < -0.3 is 10.5 Å². The Hall–Kier alpha value is -1.46. The maximum atomic E-state index is 6.01. The Balaban J connectivity index is 2.61. The SMILES string of the molecule is C#CCCCOc1ccccc1C(N)CC. The van der Waals surface area contributed by atoms with Gasteiger partial charge in [0.2, 0.25) is 0 Å². The fraction of sp³-hybridized carbons (Fsp3) is 0.429. The van der Waals surface area contributed by atoms with Crippen LogP contribution in [-0.2, 0) is 0 Å². The molecule has 0 amide bonds. The average molecular weight is 217 g/mol. The summed E-state index contributed by atoms with van der Waals surface area (Å²) in [5.74, 6) is 3.48. The second-order valence-electron chi connectivity index (χ2n) is 3.71. The van der Waals surface area contributed by atoms with Gasteiger partial charge in [-0.3, -0.25) is 0 Å². The minimum absolute atomic E-state index is 0.0452. The Labute approximate surface area is 97.8 Å². The van der Waals surface area contributed by atoms with Crippen molar-refractivity contribution in [3.05, 3.63) is 29.8 Å². The first-order valence-corrected chi connectivity index (χ1v) is 5.70. The highest BCUT2D eigenvalue weighted by molar-refractivity contribution is 5.35. The van der Waals surface area contributed by atoms with Gasteiger partial charge in [-0.2, -0.15) is 0 Å². The van der Waals surface area contributed by atoms with Gasteiger partial charge in [0, 0.05) is 18.0 Å². The lowest BCUT2D eigenvalue weighted by atomic mass is 10.0. The van der Waals surface area contributed by atoms with Crippen molar-refractivity contribution in [2.24, 2.45) is 5.73 Å². The van der Waals surface area contributed by atoms with Crippen molar-refractivity contribution in [3.63, 3.8) is 0 Å². The lowest BCUT2D eigenvalue weighted by Crippen LogP contribution is -2.11. The summed E-state index contributed by atoms with van der Waals surface area (Å²) in [6.45, 7) is 2.72. The lowest BCUT2D eigenvalue weighted by Gasteiger charge is -2.15. The maximum Gasteiger partial charge on any atom is 0.124 e. The normalized spacial score (nSPS) is 11.8. The number of unbranched alkanes of at least 4 members (excludes halogenated alkanes) is 1. The first kappa shape index (κ1) is 12.6. The molecule has 2 heteroatoms. The van der Waals surface area contributed by atoms with Crippen molar-refractivity contribution in [2.75, 3.05) is 6.61 Å². The molecule has 1 unspecified atom stereocenters. The lowest BCUT2D eigenvalue weighted by molar-refractivity contribution is 0.307. The molecule has 0 fully saturated rings. The smallest absolute Gasteiger partial charge is 0.124 e. The number of nitrogens with two attached hydrogens (primary N) is 1. The van der Waals surface area contributed by atoms with Crippen molar-refractivity contribution >= 4 is 0 Å². The van der Waals surface area contributed by atoms with Crippen LogP contribution in [0.5, 0.6) is 5.75 Å². The molecular weight excluding hydrogens is 198 g/mol. The molecule has 0 saturated heterocycles. The zero-order valence-corrected chi connectivity index (χ0v) is 9.78. The van der Waals surface area contributed by atoms with Gasteiger partial charge in [0.05, 0.1) is 6.61 Å². The van der Waals surface area contributed by atoms with E-state index in [-0.39, 0.29) is 6.04 Å². The first-order valence-electron chi connectivity index (χ1n) is 5.70. The highest BCUT2D eigenvalue weighted by atomic mass is 16.5. The quantitative estimate of drug-likeness (QED) is 0.587. The van der Waals surface area contributed by atoms with E-state index < -0.39 is 0 Å². The fourth-order valence-electron chi connectivity index (χ4n) is 1.49. The molecule has 0 heterocycles. The third kappa shape index (κ3) is 3.60. The molecule has 0 aliphatic rings. The highest BCUT2D eigenvalue weighted by Crippen LogP contribution is 2.25. The maximum absolute atomic E-state index is 6.01. The molecule has 2 N–H and O–H groups in total. The van der Waals surface area contributed by atoms with E-state index in [0.29, 0.717) is 6.61 Å². The molecule has 1 atom stereocenters. The molecule has 0 aliphatic heterocycles. The van der Waals surface area contributed by atoms with Gasteiger partial charge in [0.25, 0.3) is 0 Å². The zero-order chi connectivity index (χ0) is 11.8. The molecule has 0 aromatic heterocycles. The minimum Gasteiger partial charge on any atom is -0.493 e. The van der Waals surface area contributed by atoms with Crippen molar-refractivity contribution in [2.45, 2.75) is 32.2 Å². The third-order valence-electron chi connectivity index (χ3n) is 2.48. The zero-order valence-electron chi connectivity index (χ0n) is 9.78. The van der Waals surface area contributed by atoms with E-state index in [9.17, 15) is 0 Å². The second-order valence-corrected chi connectivity index (χ2v) is 3.71. The molecule has 16 heavy (non-hydrogen) atoms. The van der Waals surface area contributed by atoms with Crippen LogP contribution in [0.3, 0.4) is 0 Å². The summed E-state index contributed by atoms with van der Waals surface area (Å²) in [5.41, 5.74) is 7.09. The number of benzene rings is 1. The molecule has 1 aromatic rings. The van der Waals surface area contributed by atoms with Crippen LogP contribution >= 0.6 is 0 Å². The van der Waals surface area contributed by atoms with Gasteiger partial charge in [-0.15, -0.1) is 12.3 Å². The summed E-state index contributed by atoms with van der Waals surface area (Å²) < 4.78 is 5.69. The standard InChI is InChI=1S/C14H19NO/c1-3-5-8-11-16-14-10-7-6-9-12(14)13(15)4-2/h1,6-7,9-10,13H,4-5,8,11,15H2,2H3.